The monoisotopic (exact) mass is 462 g/mol. The van der Waals surface area contributed by atoms with Gasteiger partial charge in [0.2, 0.25) is 0 Å². The Bertz CT molecular complexity index is 1120. The van der Waals surface area contributed by atoms with E-state index in [1.165, 1.54) is 0 Å². The summed E-state index contributed by atoms with van der Waals surface area (Å²) in [7, 11) is 3.11. The van der Waals surface area contributed by atoms with Crippen LogP contribution in [-0.2, 0) is 0 Å². The number of nitrogens with one attached hydrogen (secondary N) is 1. The summed E-state index contributed by atoms with van der Waals surface area (Å²) in [4.78, 5) is 24.1. The van der Waals surface area contributed by atoms with Gasteiger partial charge in [0.1, 0.15) is 11.5 Å². The molecule has 1 aliphatic heterocycles. The van der Waals surface area contributed by atoms with Crippen LogP contribution in [0, 0.1) is 6.92 Å². The van der Waals surface area contributed by atoms with Gasteiger partial charge in [0.15, 0.2) is 5.65 Å². The van der Waals surface area contributed by atoms with E-state index in [1.807, 2.05) is 24.0 Å². The number of aromatic nitrogens is 2. The summed E-state index contributed by atoms with van der Waals surface area (Å²) in [5.41, 5.74) is 3.17. The molecule has 3 aromatic rings. The summed E-state index contributed by atoms with van der Waals surface area (Å²) >= 11 is 6.25. The van der Waals surface area contributed by atoms with Gasteiger partial charge in [-0.3, -0.25) is 4.79 Å². The third kappa shape index (κ3) is 4.48. The highest BCUT2D eigenvalue weighted by molar-refractivity contribution is 6.32. The van der Waals surface area contributed by atoms with Crippen LogP contribution < -0.4 is 14.8 Å². The smallest absolute Gasteiger partial charge is 0.257 e. The highest BCUT2D eigenvalue weighted by Crippen LogP contribution is 2.39. The number of pyridine rings is 2. The van der Waals surface area contributed by atoms with Crippen molar-refractivity contribution in [2.45, 2.75) is 19.8 Å². The van der Waals surface area contributed by atoms with E-state index in [2.05, 4.69) is 15.3 Å². The molecule has 1 N–H and O–H groups in total. The zero-order chi connectivity index (χ0) is 21.3. The first-order valence-corrected chi connectivity index (χ1v) is 10.1. The number of fused-ring (bicyclic) bond motifs is 1. The van der Waals surface area contributed by atoms with Crippen molar-refractivity contribution in [1.29, 1.82) is 0 Å². The number of likely N-dealkylation sites (tertiary alicyclic amines) is 1. The molecular weight excluding hydrogens is 439 g/mol. The molecule has 1 amide bonds. The molecule has 1 aromatic carbocycles. The molecule has 0 unspecified atom stereocenters. The van der Waals surface area contributed by atoms with E-state index >= 15 is 0 Å². The fourth-order valence-electron chi connectivity index (χ4n) is 3.65. The predicted molar refractivity (Wildman–Crippen MR) is 124 cm³/mol. The largest absolute Gasteiger partial charge is 0.495 e. The van der Waals surface area contributed by atoms with E-state index in [9.17, 15) is 4.79 Å². The van der Waals surface area contributed by atoms with Crippen molar-refractivity contribution in [3.8, 4) is 11.5 Å². The Balaban J connectivity index is 0.00000272. The van der Waals surface area contributed by atoms with Gasteiger partial charge in [0, 0.05) is 42.5 Å². The summed E-state index contributed by atoms with van der Waals surface area (Å²) in [5, 5.41) is 4.56. The third-order valence-electron chi connectivity index (χ3n) is 5.23. The van der Waals surface area contributed by atoms with Crippen molar-refractivity contribution in [2.24, 2.45) is 0 Å². The Labute approximate surface area is 192 Å². The van der Waals surface area contributed by atoms with Gasteiger partial charge in [-0.05, 0) is 31.9 Å². The van der Waals surface area contributed by atoms with Gasteiger partial charge in [-0.15, -0.1) is 12.4 Å². The molecule has 1 aliphatic rings. The van der Waals surface area contributed by atoms with E-state index in [0.29, 0.717) is 39.1 Å². The van der Waals surface area contributed by atoms with Gasteiger partial charge in [-0.2, -0.15) is 0 Å². The minimum Gasteiger partial charge on any atom is -0.495 e. The van der Waals surface area contributed by atoms with E-state index in [4.69, 9.17) is 21.1 Å². The van der Waals surface area contributed by atoms with E-state index in [0.717, 1.165) is 37.0 Å². The maximum absolute atomic E-state index is 13.2. The second kappa shape index (κ2) is 9.58. The molecule has 0 radical (unpaired) electrons. The molecule has 0 atom stereocenters. The Morgan fingerprint density at radius 1 is 1.13 bits per heavy atom. The minimum atomic E-state index is -0.0510. The molecule has 4 rings (SSSR count). The quantitative estimate of drug-likeness (QED) is 0.573. The van der Waals surface area contributed by atoms with Crippen molar-refractivity contribution < 1.29 is 14.3 Å². The number of benzene rings is 1. The van der Waals surface area contributed by atoms with Gasteiger partial charge in [-0.1, -0.05) is 11.6 Å². The summed E-state index contributed by atoms with van der Waals surface area (Å²) in [6.45, 7) is 3.41. The topological polar surface area (TPSA) is 76.6 Å². The Kier molecular flexibility index (Phi) is 7.08. The minimum absolute atomic E-state index is 0. The second-order valence-electron chi connectivity index (χ2n) is 7.18. The highest BCUT2D eigenvalue weighted by Gasteiger charge is 2.25. The molecule has 31 heavy (non-hydrogen) atoms. The average Bonchev–Trinajstić information content (AvgIpc) is 3.29. The number of hydrogen-bond donors (Lipinski definition) is 1. The maximum Gasteiger partial charge on any atom is 0.257 e. The molecule has 1 fully saturated rings. The Hall–Kier alpha value is -2.77. The molecule has 2 aromatic heterocycles. The second-order valence-corrected chi connectivity index (χ2v) is 7.59. The highest BCUT2D eigenvalue weighted by atomic mass is 35.5. The van der Waals surface area contributed by atoms with Crippen molar-refractivity contribution in [1.82, 2.24) is 14.9 Å². The first kappa shape index (κ1) is 22.9. The number of anilines is 2. The first-order valence-electron chi connectivity index (χ1n) is 9.76. The molecule has 0 aliphatic carbocycles. The van der Waals surface area contributed by atoms with Crippen molar-refractivity contribution in [3.05, 3.63) is 46.7 Å². The van der Waals surface area contributed by atoms with Crippen LogP contribution >= 0.6 is 24.0 Å². The van der Waals surface area contributed by atoms with Gasteiger partial charge in [0.05, 0.1) is 36.2 Å². The van der Waals surface area contributed by atoms with Crippen LogP contribution in [0.2, 0.25) is 5.02 Å². The standard InChI is InChI=1S/C22H23ClN4O3.ClH/c1-13-6-7-14-20(26-17-11-18(29-2)16(23)10-19(17)30-3)15(12-24-21(14)25-13)22(28)27-8-4-5-9-27;/h6-7,10-12H,4-5,8-9H2,1-3H3,(H,24,25,26);1H. The molecule has 0 spiro atoms. The number of aryl methyl sites for hydroxylation is 1. The van der Waals surface area contributed by atoms with Crippen LogP contribution in [-0.4, -0.2) is 48.1 Å². The lowest BCUT2D eigenvalue weighted by atomic mass is 10.1. The molecule has 0 saturated carbocycles. The van der Waals surface area contributed by atoms with Crippen molar-refractivity contribution in [2.75, 3.05) is 32.6 Å². The fraction of sp³-hybridized carbons (Fsp3) is 0.318. The predicted octanol–water partition coefficient (Wildman–Crippen LogP) is 5.01. The Morgan fingerprint density at radius 2 is 1.84 bits per heavy atom. The average molecular weight is 463 g/mol. The lowest BCUT2D eigenvalue weighted by molar-refractivity contribution is 0.0793. The van der Waals surface area contributed by atoms with Gasteiger partial charge < -0.3 is 19.7 Å². The van der Waals surface area contributed by atoms with Gasteiger partial charge in [0.25, 0.3) is 5.91 Å². The van der Waals surface area contributed by atoms with Crippen LogP contribution in [0.5, 0.6) is 11.5 Å². The number of ether oxygens (including phenoxy) is 2. The number of methoxy groups -OCH3 is 2. The first-order chi connectivity index (χ1) is 14.5. The zero-order valence-electron chi connectivity index (χ0n) is 17.6. The lowest BCUT2D eigenvalue weighted by Gasteiger charge is -2.20. The molecule has 9 heteroatoms. The number of rotatable bonds is 5. The van der Waals surface area contributed by atoms with E-state index < -0.39 is 0 Å². The van der Waals surface area contributed by atoms with Crippen molar-refractivity contribution >= 4 is 52.3 Å². The van der Waals surface area contributed by atoms with Crippen LogP contribution in [0.25, 0.3) is 11.0 Å². The molecular formula is C22H24Cl2N4O3. The number of hydrogen-bond acceptors (Lipinski definition) is 6. The Morgan fingerprint density at radius 3 is 2.52 bits per heavy atom. The SMILES string of the molecule is COc1cc(Nc2c(C(=O)N3CCCC3)cnc3nc(C)ccc23)c(OC)cc1Cl.Cl. The summed E-state index contributed by atoms with van der Waals surface area (Å²) in [5.74, 6) is 0.981. The molecule has 7 nitrogen and oxygen atoms in total. The number of carbonyl (C=O) groups excluding carboxylic acids is 1. The van der Waals surface area contributed by atoms with Gasteiger partial charge >= 0.3 is 0 Å². The molecule has 164 valence electrons. The van der Waals surface area contributed by atoms with Crippen molar-refractivity contribution in [3.63, 3.8) is 0 Å². The van der Waals surface area contributed by atoms with E-state index in [1.54, 1.807) is 32.5 Å². The lowest BCUT2D eigenvalue weighted by Crippen LogP contribution is -2.28. The van der Waals surface area contributed by atoms with Crippen LogP contribution in [0.4, 0.5) is 11.4 Å². The number of amides is 1. The van der Waals surface area contributed by atoms with Crippen LogP contribution in [0.1, 0.15) is 28.9 Å². The number of halogens is 2. The molecule has 3 heterocycles. The zero-order valence-corrected chi connectivity index (χ0v) is 19.1. The summed E-state index contributed by atoms with van der Waals surface area (Å²) in [6, 6.07) is 7.25. The summed E-state index contributed by atoms with van der Waals surface area (Å²) < 4.78 is 10.9. The summed E-state index contributed by atoms with van der Waals surface area (Å²) in [6.07, 6.45) is 3.62. The van der Waals surface area contributed by atoms with Gasteiger partial charge in [-0.25, -0.2) is 9.97 Å². The normalized spacial score (nSPS) is 13.1. The maximum atomic E-state index is 13.2. The fourth-order valence-corrected chi connectivity index (χ4v) is 3.88. The van der Waals surface area contributed by atoms with Crippen LogP contribution in [0.3, 0.4) is 0 Å². The number of nitrogens with zero attached hydrogens (tertiary/aromatic N) is 3. The molecule has 0 bridgehead atoms. The number of carbonyl (C=O) groups is 1. The van der Waals surface area contributed by atoms with Crippen LogP contribution in [0.15, 0.2) is 30.5 Å². The third-order valence-corrected chi connectivity index (χ3v) is 5.52. The van der Waals surface area contributed by atoms with E-state index in [-0.39, 0.29) is 18.3 Å². The molecule has 1 saturated heterocycles.